The molecule has 3 heterocycles. The van der Waals surface area contributed by atoms with Gasteiger partial charge in [0.1, 0.15) is 17.3 Å². The third kappa shape index (κ3) is 5.29. The van der Waals surface area contributed by atoms with Crippen molar-refractivity contribution in [3.63, 3.8) is 0 Å². The Morgan fingerprint density at radius 3 is 2.59 bits per heavy atom. The van der Waals surface area contributed by atoms with Crippen molar-refractivity contribution in [2.75, 3.05) is 32.1 Å². The minimum absolute atomic E-state index is 0.0788. The van der Waals surface area contributed by atoms with E-state index in [2.05, 4.69) is 10.3 Å². The third-order valence-corrected chi connectivity index (χ3v) is 7.24. The largest absolute Gasteiger partial charge is 0.481 e. The number of carbonyl (C=O) groups excluding carboxylic acids is 2. The van der Waals surface area contributed by atoms with Gasteiger partial charge in [-0.15, -0.1) is 0 Å². The Balaban J connectivity index is 1.46. The number of fused-ring (bicyclic) bond motifs is 1. The van der Waals surface area contributed by atoms with Crippen LogP contribution in [0.5, 0.6) is 0 Å². The molecule has 2 aromatic heterocycles. The zero-order valence-corrected chi connectivity index (χ0v) is 21.5. The fraction of sp³-hybridized carbons (Fsp3) is 0.407. The number of hydrogen-bond acceptors (Lipinski definition) is 6. The van der Waals surface area contributed by atoms with E-state index in [4.69, 9.17) is 9.47 Å². The fourth-order valence-corrected chi connectivity index (χ4v) is 4.95. The molecule has 2 amide bonds. The zero-order valence-electron chi connectivity index (χ0n) is 21.5. The van der Waals surface area contributed by atoms with Crippen LogP contribution in [0.4, 0.5) is 19.3 Å². The van der Waals surface area contributed by atoms with Crippen molar-refractivity contribution in [2.24, 2.45) is 5.41 Å². The molecule has 1 saturated carbocycles. The van der Waals surface area contributed by atoms with Crippen LogP contribution in [0.3, 0.4) is 0 Å². The second-order valence-electron chi connectivity index (χ2n) is 10.1. The molecular formula is C27H28F2N4O6. The number of pyridine rings is 1. The minimum Gasteiger partial charge on any atom is -0.481 e. The fourth-order valence-electron chi connectivity index (χ4n) is 4.95. The van der Waals surface area contributed by atoms with Gasteiger partial charge in [0.25, 0.3) is 0 Å². The lowest BCUT2D eigenvalue weighted by Crippen LogP contribution is -2.46. The first-order valence-corrected chi connectivity index (χ1v) is 12.5. The van der Waals surface area contributed by atoms with Crippen LogP contribution in [0.15, 0.2) is 30.5 Å². The van der Waals surface area contributed by atoms with Crippen molar-refractivity contribution in [1.82, 2.24) is 14.3 Å². The molecule has 10 nitrogen and oxygen atoms in total. The minimum atomic E-state index is -1.10. The van der Waals surface area contributed by atoms with Crippen molar-refractivity contribution in [1.29, 1.82) is 0 Å². The van der Waals surface area contributed by atoms with Crippen LogP contribution in [0.2, 0.25) is 0 Å². The number of halogens is 2. The van der Waals surface area contributed by atoms with Gasteiger partial charge >= 0.3 is 12.1 Å². The Hall–Kier alpha value is -4.06. The van der Waals surface area contributed by atoms with Gasteiger partial charge in [0.05, 0.1) is 48.7 Å². The van der Waals surface area contributed by atoms with Crippen molar-refractivity contribution in [3.8, 4) is 11.3 Å². The van der Waals surface area contributed by atoms with Gasteiger partial charge in [-0.2, -0.15) is 0 Å². The Morgan fingerprint density at radius 1 is 1.23 bits per heavy atom. The number of nitrogens with one attached hydrogen (secondary N) is 1. The van der Waals surface area contributed by atoms with Gasteiger partial charge in [-0.05, 0) is 49.6 Å². The van der Waals surface area contributed by atoms with Gasteiger partial charge in [-0.3, -0.25) is 9.59 Å². The van der Waals surface area contributed by atoms with Crippen LogP contribution >= 0.6 is 0 Å². The predicted octanol–water partition coefficient (Wildman–Crippen LogP) is 3.79. The normalized spacial score (nSPS) is 18.2. The first kappa shape index (κ1) is 26.5. The monoisotopic (exact) mass is 542 g/mol. The summed E-state index contributed by atoms with van der Waals surface area (Å²) in [5, 5.41) is 11.7. The first-order chi connectivity index (χ1) is 18.6. The number of amides is 2. The zero-order chi connectivity index (χ0) is 27.9. The average Bonchev–Trinajstić information content (AvgIpc) is 3.59. The van der Waals surface area contributed by atoms with Gasteiger partial charge in [-0.25, -0.2) is 18.6 Å². The number of ether oxygens (including phenoxy) is 2. The number of rotatable bonds is 7. The average molecular weight is 543 g/mol. The maximum atomic E-state index is 15.5. The summed E-state index contributed by atoms with van der Waals surface area (Å²) in [5.41, 5.74) is 0.378. The van der Waals surface area contributed by atoms with Gasteiger partial charge in [0, 0.05) is 31.3 Å². The second kappa shape index (κ2) is 10.3. The summed E-state index contributed by atoms with van der Waals surface area (Å²) in [7, 11) is 1.30. The van der Waals surface area contributed by atoms with E-state index >= 15 is 8.78 Å². The number of anilines is 1. The molecule has 1 aromatic carbocycles. The number of imidazole rings is 1. The lowest BCUT2D eigenvalue weighted by molar-refractivity contribution is -0.145. The summed E-state index contributed by atoms with van der Waals surface area (Å²) in [5.74, 6) is -3.56. The van der Waals surface area contributed by atoms with E-state index in [0.29, 0.717) is 30.7 Å². The highest BCUT2D eigenvalue weighted by Crippen LogP contribution is 2.49. The van der Waals surface area contributed by atoms with E-state index in [1.807, 2.05) is 13.0 Å². The maximum absolute atomic E-state index is 15.5. The number of aliphatic carboxylic acids is 1. The molecule has 1 atom stereocenters. The molecule has 0 unspecified atom stereocenters. The molecule has 0 bridgehead atoms. The van der Waals surface area contributed by atoms with Gasteiger partial charge in [0.2, 0.25) is 5.91 Å². The number of nitrogens with zero attached hydrogens (tertiary/aromatic N) is 3. The van der Waals surface area contributed by atoms with E-state index < -0.39 is 41.1 Å². The van der Waals surface area contributed by atoms with Gasteiger partial charge < -0.3 is 29.2 Å². The number of aryl methyl sites for hydroxylation is 1. The Kier molecular flexibility index (Phi) is 6.98. The van der Waals surface area contributed by atoms with Crippen molar-refractivity contribution in [2.45, 2.75) is 38.7 Å². The Morgan fingerprint density at radius 2 is 1.95 bits per heavy atom. The van der Waals surface area contributed by atoms with Gasteiger partial charge in [0.15, 0.2) is 0 Å². The number of morpholine rings is 1. The summed E-state index contributed by atoms with van der Waals surface area (Å²) in [6.45, 7) is 2.76. The van der Waals surface area contributed by atoms with Crippen molar-refractivity contribution in [3.05, 3.63) is 53.4 Å². The van der Waals surface area contributed by atoms with Crippen molar-refractivity contribution < 1.29 is 37.7 Å². The van der Waals surface area contributed by atoms with E-state index in [9.17, 15) is 19.5 Å². The van der Waals surface area contributed by atoms with E-state index in [0.717, 1.165) is 17.7 Å². The molecule has 3 aromatic rings. The topological polar surface area (TPSA) is 122 Å². The smallest absolute Gasteiger partial charge is 0.409 e. The first-order valence-electron chi connectivity index (χ1n) is 12.5. The highest BCUT2D eigenvalue weighted by molar-refractivity contribution is 5.95. The quantitative estimate of drug-likeness (QED) is 0.466. The summed E-state index contributed by atoms with van der Waals surface area (Å²) < 4.78 is 43.3. The maximum Gasteiger partial charge on any atom is 0.409 e. The molecule has 0 radical (unpaired) electrons. The molecule has 1 saturated heterocycles. The molecule has 2 N–H and O–H groups in total. The molecule has 12 heteroatoms. The summed E-state index contributed by atoms with van der Waals surface area (Å²) in [6.07, 6.45) is 1.52. The standard InChI is InChI=1S/C27H28F2N4O6/c1-15-3-6-33-20(12-17-14-32(7-8-39-17)26(37)38-2)24(31-21(33)9-15)23-18(28)10-16(11-19(23)29)30-22(34)13-27(4-5-27)25(35)36/h3,6,9-11,17H,4-5,7-8,12-14H2,1-2H3,(H,30,34)(H,35,36)/t17-/m0/s1. The lowest BCUT2D eigenvalue weighted by atomic mass is 10.0. The number of carboxylic acid groups (broad SMARTS) is 1. The summed E-state index contributed by atoms with van der Waals surface area (Å²) in [4.78, 5) is 41.8. The highest BCUT2D eigenvalue weighted by atomic mass is 19.1. The number of carbonyl (C=O) groups is 3. The second-order valence-corrected chi connectivity index (χ2v) is 10.1. The van der Waals surface area contributed by atoms with Crippen LogP contribution in [0.25, 0.3) is 16.9 Å². The van der Waals surface area contributed by atoms with Crippen LogP contribution in [0.1, 0.15) is 30.5 Å². The summed E-state index contributed by atoms with van der Waals surface area (Å²) >= 11 is 0. The van der Waals surface area contributed by atoms with Crippen LogP contribution in [-0.2, 0) is 25.5 Å². The number of benzene rings is 1. The van der Waals surface area contributed by atoms with E-state index in [-0.39, 0.29) is 42.9 Å². The van der Waals surface area contributed by atoms with Crippen molar-refractivity contribution >= 4 is 29.3 Å². The number of aromatic nitrogens is 2. The molecule has 2 aliphatic rings. The summed E-state index contributed by atoms with van der Waals surface area (Å²) in [6, 6.07) is 5.62. The molecule has 39 heavy (non-hydrogen) atoms. The third-order valence-electron chi connectivity index (χ3n) is 7.24. The number of methoxy groups -OCH3 is 1. The highest BCUT2D eigenvalue weighted by Gasteiger charge is 2.51. The van der Waals surface area contributed by atoms with Gasteiger partial charge in [-0.1, -0.05) is 0 Å². The Labute approximate surface area is 222 Å². The molecule has 206 valence electrons. The predicted molar refractivity (Wildman–Crippen MR) is 135 cm³/mol. The number of hydrogen-bond donors (Lipinski definition) is 2. The molecule has 2 fully saturated rings. The molecule has 1 aliphatic carbocycles. The molecule has 0 spiro atoms. The van der Waals surface area contributed by atoms with Crippen LogP contribution < -0.4 is 5.32 Å². The lowest BCUT2D eigenvalue weighted by Gasteiger charge is -2.32. The Bertz CT molecular complexity index is 1440. The SMILES string of the molecule is COC(=O)N1CCO[C@@H](Cc2c(-c3c(F)cc(NC(=O)CC4(C(=O)O)CC4)cc3F)nc3cc(C)ccn23)C1. The number of carboxylic acids is 1. The molecule has 5 rings (SSSR count). The van der Waals surface area contributed by atoms with Crippen LogP contribution in [0, 0.1) is 24.0 Å². The van der Waals surface area contributed by atoms with Crippen LogP contribution in [-0.4, -0.2) is 70.3 Å². The molecular weight excluding hydrogens is 514 g/mol. The van der Waals surface area contributed by atoms with E-state index in [1.165, 1.54) is 12.0 Å². The van der Waals surface area contributed by atoms with E-state index in [1.54, 1.807) is 16.7 Å². The molecule has 1 aliphatic heterocycles.